The highest BCUT2D eigenvalue weighted by molar-refractivity contribution is 8.18. The summed E-state index contributed by atoms with van der Waals surface area (Å²) in [7, 11) is 0. The van der Waals surface area contributed by atoms with E-state index in [1.165, 1.54) is 17.3 Å². The molecule has 0 aliphatic carbocycles. The van der Waals surface area contributed by atoms with Crippen LogP contribution in [0.4, 0.5) is 0 Å². The van der Waals surface area contributed by atoms with Gasteiger partial charge in [0.15, 0.2) is 5.17 Å². The van der Waals surface area contributed by atoms with Crippen molar-refractivity contribution in [3.8, 4) is 0 Å². The molecule has 1 amide bonds. The number of benzene rings is 1. The van der Waals surface area contributed by atoms with Gasteiger partial charge in [0.05, 0.1) is 18.1 Å². The molecule has 0 saturated carbocycles. The zero-order valence-electron chi connectivity index (χ0n) is 12.5. The van der Waals surface area contributed by atoms with E-state index in [0.717, 1.165) is 23.8 Å². The van der Waals surface area contributed by atoms with Crippen molar-refractivity contribution in [3.05, 3.63) is 52.4 Å². The number of amides is 1. The van der Waals surface area contributed by atoms with Crippen LogP contribution in [0.25, 0.3) is 6.08 Å². The maximum absolute atomic E-state index is 11.9. The second-order valence-corrected chi connectivity index (χ2v) is 6.21. The Hall–Kier alpha value is -1.85. The SMILES string of the molecule is Cc1ccc(C=CC=C2SC(N3CCOCC3)=NC2=O)cc1. The monoisotopic (exact) mass is 314 g/mol. The minimum atomic E-state index is -0.153. The van der Waals surface area contributed by atoms with Crippen LogP contribution >= 0.6 is 11.8 Å². The molecular formula is C17H18N2O2S. The number of aliphatic imine (C=N–C) groups is 1. The van der Waals surface area contributed by atoms with Crippen molar-refractivity contribution in [1.29, 1.82) is 0 Å². The number of ether oxygens (including phenoxy) is 1. The third-order valence-corrected chi connectivity index (χ3v) is 4.57. The molecule has 2 aliphatic rings. The summed E-state index contributed by atoms with van der Waals surface area (Å²) in [6.07, 6.45) is 5.74. The normalized spacial score (nSPS) is 21.0. The van der Waals surface area contributed by atoms with Crippen molar-refractivity contribution < 1.29 is 9.53 Å². The summed E-state index contributed by atoms with van der Waals surface area (Å²) < 4.78 is 5.32. The molecule has 1 aromatic rings. The zero-order chi connectivity index (χ0) is 15.4. The predicted octanol–water partition coefficient (Wildman–Crippen LogP) is 2.85. The number of amidine groups is 1. The number of rotatable bonds is 2. The van der Waals surface area contributed by atoms with Gasteiger partial charge in [-0.1, -0.05) is 42.0 Å². The number of carbonyl (C=O) groups excluding carboxylic acids is 1. The van der Waals surface area contributed by atoms with E-state index in [9.17, 15) is 4.79 Å². The number of hydrogen-bond donors (Lipinski definition) is 0. The molecule has 0 spiro atoms. The van der Waals surface area contributed by atoms with Gasteiger partial charge in [-0.15, -0.1) is 0 Å². The fourth-order valence-electron chi connectivity index (χ4n) is 2.23. The standard InChI is InChI=1S/C17H18N2O2S/c1-13-5-7-14(8-6-13)3-2-4-15-16(20)18-17(22-15)19-9-11-21-12-10-19/h2-8H,9-12H2,1H3. The number of thioether (sulfide) groups is 1. The lowest BCUT2D eigenvalue weighted by Crippen LogP contribution is -2.38. The summed E-state index contributed by atoms with van der Waals surface area (Å²) in [5.74, 6) is -0.153. The smallest absolute Gasteiger partial charge is 0.286 e. The van der Waals surface area contributed by atoms with E-state index >= 15 is 0 Å². The molecule has 0 radical (unpaired) electrons. The Kier molecular flexibility index (Phi) is 4.75. The van der Waals surface area contributed by atoms with E-state index in [4.69, 9.17) is 4.74 Å². The summed E-state index contributed by atoms with van der Waals surface area (Å²) in [6, 6.07) is 8.26. The average molecular weight is 314 g/mol. The van der Waals surface area contributed by atoms with Crippen LogP contribution in [0.5, 0.6) is 0 Å². The molecule has 22 heavy (non-hydrogen) atoms. The zero-order valence-corrected chi connectivity index (χ0v) is 13.3. The van der Waals surface area contributed by atoms with Gasteiger partial charge >= 0.3 is 0 Å². The molecule has 1 fully saturated rings. The van der Waals surface area contributed by atoms with Crippen LogP contribution in [0.15, 0.2) is 46.3 Å². The molecule has 5 heteroatoms. The molecule has 2 aliphatic heterocycles. The minimum absolute atomic E-state index is 0.153. The van der Waals surface area contributed by atoms with Crippen molar-refractivity contribution in [2.24, 2.45) is 4.99 Å². The molecular weight excluding hydrogens is 296 g/mol. The average Bonchev–Trinajstić information content (AvgIpc) is 2.91. The molecule has 4 nitrogen and oxygen atoms in total. The lowest BCUT2D eigenvalue weighted by molar-refractivity contribution is -0.113. The van der Waals surface area contributed by atoms with Crippen LogP contribution in [0.1, 0.15) is 11.1 Å². The molecule has 2 heterocycles. The predicted molar refractivity (Wildman–Crippen MR) is 90.7 cm³/mol. The Morgan fingerprint density at radius 2 is 1.95 bits per heavy atom. The fourth-order valence-corrected chi connectivity index (χ4v) is 3.14. The molecule has 0 atom stereocenters. The van der Waals surface area contributed by atoms with E-state index in [-0.39, 0.29) is 5.91 Å². The molecule has 0 bridgehead atoms. The quantitative estimate of drug-likeness (QED) is 0.787. The fraction of sp³-hybridized carbons (Fsp3) is 0.294. The lowest BCUT2D eigenvalue weighted by atomic mass is 10.1. The summed E-state index contributed by atoms with van der Waals surface area (Å²) in [5.41, 5.74) is 2.35. The van der Waals surface area contributed by atoms with Crippen molar-refractivity contribution in [2.75, 3.05) is 26.3 Å². The lowest BCUT2D eigenvalue weighted by Gasteiger charge is -2.27. The molecule has 0 N–H and O–H groups in total. The number of allylic oxidation sites excluding steroid dienone is 2. The van der Waals surface area contributed by atoms with Gasteiger partial charge in [0.2, 0.25) is 0 Å². The maximum atomic E-state index is 11.9. The maximum Gasteiger partial charge on any atom is 0.286 e. The first-order valence-corrected chi connectivity index (χ1v) is 8.12. The highest BCUT2D eigenvalue weighted by Crippen LogP contribution is 2.28. The first-order valence-electron chi connectivity index (χ1n) is 7.31. The van der Waals surface area contributed by atoms with E-state index in [1.54, 1.807) is 0 Å². The van der Waals surface area contributed by atoms with Gasteiger partial charge in [0.1, 0.15) is 0 Å². The van der Waals surface area contributed by atoms with Crippen LogP contribution in [-0.4, -0.2) is 42.3 Å². The Morgan fingerprint density at radius 1 is 1.23 bits per heavy atom. The molecule has 0 unspecified atom stereocenters. The van der Waals surface area contributed by atoms with Crippen LogP contribution < -0.4 is 0 Å². The van der Waals surface area contributed by atoms with Crippen molar-refractivity contribution in [3.63, 3.8) is 0 Å². The number of aryl methyl sites for hydroxylation is 1. The topological polar surface area (TPSA) is 41.9 Å². The summed E-state index contributed by atoms with van der Waals surface area (Å²) >= 11 is 1.44. The van der Waals surface area contributed by atoms with Crippen molar-refractivity contribution in [2.45, 2.75) is 6.92 Å². The number of morpholine rings is 1. The van der Waals surface area contributed by atoms with Gasteiger partial charge in [-0.2, -0.15) is 4.99 Å². The van der Waals surface area contributed by atoms with Crippen LogP contribution in [0, 0.1) is 6.92 Å². The minimum Gasteiger partial charge on any atom is -0.378 e. The molecule has 0 aromatic heterocycles. The summed E-state index contributed by atoms with van der Waals surface area (Å²) in [4.78, 5) is 18.9. The van der Waals surface area contributed by atoms with E-state index in [2.05, 4.69) is 41.1 Å². The van der Waals surface area contributed by atoms with Gasteiger partial charge in [0.25, 0.3) is 5.91 Å². The van der Waals surface area contributed by atoms with Crippen LogP contribution in [-0.2, 0) is 9.53 Å². The summed E-state index contributed by atoms with van der Waals surface area (Å²) in [5, 5.41) is 0.795. The summed E-state index contributed by atoms with van der Waals surface area (Å²) in [6.45, 7) is 5.05. The Bertz CT molecular complexity index is 641. The van der Waals surface area contributed by atoms with Crippen molar-refractivity contribution >= 4 is 28.9 Å². The van der Waals surface area contributed by atoms with Gasteiger partial charge in [-0.3, -0.25) is 4.79 Å². The van der Waals surface area contributed by atoms with E-state index in [1.807, 2.05) is 18.2 Å². The van der Waals surface area contributed by atoms with Gasteiger partial charge in [-0.25, -0.2) is 0 Å². The second kappa shape index (κ2) is 6.94. The number of carbonyl (C=O) groups is 1. The Morgan fingerprint density at radius 3 is 2.68 bits per heavy atom. The van der Waals surface area contributed by atoms with E-state index in [0.29, 0.717) is 18.1 Å². The third-order valence-electron chi connectivity index (χ3n) is 3.50. The third kappa shape index (κ3) is 3.67. The van der Waals surface area contributed by atoms with Gasteiger partial charge < -0.3 is 9.64 Å². The molecule has 1 aromatic carbocycles. The molecule has 1 saturated heterocycles. The van der Waals surface area contributed by atoms with Crippen molar-refractivity contribution in [1.82, 2.24) is 4.90 Å². The molecule has 3 rings (SSSR count). The molecule has 114 valence electrons. The first-order chi connectivity index (χ1) is 10.7. The van der Waals surface area contributed by atoms with Crippen LogP contribution in [0.2, 0.25) is 0 Å². The van der Waals surface area contributed by atoms with Gasteiger partial charge in [0, 0.05) is 13.1 Å². The first kappa shape index (κ1) is 15.1. The van der Waals surface area contributed by atoms with Gasteiger partial charge in [-0.05, 0) is 30.3 Å². The van der Waals surface area contributed by atoms with E-state index < -0.39 is 0 Å². The number of nitrogens with zero attached hydrogens (tertiary/aromatic N) is 2. The second-order valence-electron chi connectivity index (χ2n) is 5.20. The Balaban J connectivity index is 1.63. The Labute approximate surface area is 134 Å². The highest BCUT2D eigenvalue weighted by atomic mass is 32.2. The highest BCUT2D eigenvalue weighted by Gasteiger charge is 2.26. The largest absolute Gasteiger partial charge is 0.378 e. The number of hydrogen-bond acceptors (Lipinski definition) is 4. The van der Waals surface area contributed by atoms with Crippen LogP contribution in [0.3, 0.4) is 0 Å².